The molecule has 4 rings (SSSR count). The first-order valence-corrected chi connectivity index (χ1v) is 13.6. The predicted molar refractivity (Wildman–Crippen MR) is 137 cm³/mol. The van der Waals surface area contributed by atoms with Crippen LogP contribution in [0.4, 0.5) is 5.69 Å². The van der Waals surface area contributed by atoms with Crippen LogP contribution in [-0.4, -0.2) is 38.6 Å². The van der Waals surface area contributed by atoms with Crippen LogP contribution in [0.1, 0.15) is 39.9 Å². The minimum absolute atomic E-state index is 0.0448. The average molecular weight is 477 g/mol. The molecule has 1 fully saturated rings. The number of amides is 1. The van der Waals surface area contributed by atoms with Gasteiger partial charge in [0.1, 0.15) is 0 Å². The van der Waals surface area contributed by atoms with E-state index < -0.39 is 10.0 Å². The summed E-state index contributed by atoms with van der Waals surface area (Å²) in [7, 11) is -3.45. The van der Waals surface area contributed by atoms with Gasteiger partial charge in [0.15, 0.2) is 0 Å². The van der Waals surface area contributed by atoms with Crippen LogP contribution < -0.4 is 4.31 Å². The van der Waals surface area contributed by atoms with E-state index in [4.69, 9.17) is 0 Å². The number of piperidine rings is 1. The van der Waals surface area contributed by atoms with Crippen molar-refractivity contribution in [1.82, 2.24) is 4.90 Å². The maximum Gasteiger partial charge on any atom is 0.253 e. The second-order valence-electron chi connectivity index (χ2n) is 9.23. The van der Waals surface area contributed by atoms with Gasteiger partial charge in [0, 0.05) is 18.7 Å². The summed E-state index contributed by atoms with van der Waals surface area (Å²) in [5.41, 5.74) is 4.48. The van der Waals surface area contributed by atoms with Gasteiger partial charge in [0.25, 0.3) is 5.91 Å². The third kappa shape index (κ3) is 6.06. The monoisotopic (exact) mass is 476 g/mol. The van der Waals surface area contributed by atoms with E-state index in [0.717, 1.165) is 43.5 Å². The van der Waals surface area contributed by atoms with Gasteiger partial charge in [0.2, 0.25) is 10.0 Å². The van der Waals surface area contributed by atoms with Crippen LogP contribution in [0.2, 0.25) is 0 Å². The van der Waals surface area contributed by atoms with Crippen LogP contribution in [0.5, 0.6) is 0 Å². The number of rotatable bonds is 7. The van der Waals surface area contributed by atoms with Crippen molar-refractivity contribution in [2.45, 2.75) is 32.7 Å². The molecule has 0 aliphatic carbocycles. The Balaban J connectivity index is 1.38. The van der Waals surface area contributed by atoms with Crippen molar-refractivity contribution in [1.29, 1.82) is 0 Å². The van der Waals surface area contributed by atoms with Crippen LogP contribution in [0.15, 0.2) is 78.9 Å². The Kier molecular flexibility index (Phi) is 7.37. The molecule has 0 atom stereocenters. The van der Waals surface area contributed by atoms with E-state index in [1.54, 1.807) is 6.07 Å². The highest BCUT2D eigenvalue weighted by atomic mass is 32.2. The number of carbonyl (C=O) groups is 1. The first-order chi connectivity index (χ1) is 16.3. The second-order valence-corrected chi connectivity index (χ2v) is 11.1. The van der Waals surface area contributed by atoms with E-state index in [-0.39, 0.29) is 12.5 Å². The molecule has 0 N–H and O–H groups in total. The van der Waals surface area contributed by atoms with Gasteiger partial charge in [-0.2, -0.15) is 0 Å². The first-order valence-electron chi connectivity index (χ1n) is 11.8. The zero-order valence-electron chi connectivity index (χ0n) is 19.9. The number of benzene rings is 3. The van der Waals surface area contributed by atoms with Crippen LogP contribution in [0.25, 0.3) is 0 Å². The van der Waals surface area contributed by atoms with Gasteiger partial charge in [-0.15, -0.1) is 0 Å². The fourth-order valence-electron chi connectivity index (χ4n) is 4.57. The SMILES string of the molecule is Cc1cccc(N(Cc2ccc(C(=O)N3CCC(Cc4ccccc4)CC3)cc2)S(C)(=O)=O)c1. The number of sulfonamides is 1. The molecule has 0 spiro atoms. The average Bonchev–Trinajstić information content (AvgIpc) is 2.83. The smallest absolute Gasteiger partial charge is 0.253 e. The topological polar surface area (TPSA) is 57.7 Å². The molecule has 0 aromatic heterocycles. The molecular formula is C28H32N2O3S. The van der Waals surface area contributed by atoms with Crippen molar-refractivity contribution < 1.29 is 13.2 Å². The molecule has 34 heavy (non-hydrogen) atoms. The molecule has 0 saturated carbocycles. The van der Waals surface area contributed by atoms with Crippen molar-refractivity contribution in [2.75, 3.05) is 23.7 Å². The Bertz CT molecular complexity index is 1220. The van der Waals surface area contributed by atoms with Crippen LogP contribution in [-0.2, 0) is 23.0 Å². The van der Waals surface area contributed by atoms with Crippen LogP contribution in [0.3, 0.4) is 0 Å². The highest BCUT2D eigenvalue weighted by Gasteiger charge is 2.24. The third-order valence-corrected chi connectivity index (χ3v) is 7.63. The van der Waals surface area contributed by atoms with Gasteiger partial charge in [0.05, 0.1) is 18.5 Å². The molecule has 5 nitrogen and oxygen atoms in total. The summed E-state index contributed by atoms with van der Waals surface area (Å²) in [6.07, 6.45) is 4.31. The van der Waals surface area contributed by atoms with Crippen molar-refractivity contribution >= 4 is 21.6 Å². The Morgan fingerprint density at radius 1 is 0.912 bits per heavy atom. The maximum atomic E-state index is 13.0. The second kappa shape index (κ2) is 10.4. The van der Waals surface area contributed by atoms with Gasteiger partial charge in [-0.1, -0.05) is 54.6 Å². The number of carbonyl (C=O) groups excluding carboxylic acids is 1. The number of nitrogens with zero attached hydrogens (tertiary/aromatic N) is 2. The minimum atomic E-state index is -3.45. The molecule has 1 heterocycles. The van der Waals surface area contributed by atoms with Gasteiger partial charge < -0.3 is 4.90 Å². The normalized spacial score (nSPS) is 14.7. The third-order valence-electron chi connectivity index (χ3n) is 6.49. The fraction of sp³-hybridized carbons (Fsp3) is 0.321. The largest absolute Gasteiger partial charge is 0.339 e. The molecule has 0 unspecified atom stereocenters. The number of likely N-dealkylation sites (tertiary alicyclic amines) is 1. The highest BCUT2D eigenvalue weighted by molar-refractivity contribution is 7.92. The Morgan fingerprint density at radius 3 is 2.21 bits per heavy atom. The summed E-state index contributed by atoms with van der Waals surface area (Å²) in [5.74, 6) is 0.654. The summed E-state index contributed by atoms with van der Waals surface area (Å²) in [6, 6.07) is 25.3. The minimum Gasteiger partial charge on any atom is -0.339 e. The van der Waals surface area contributed by atoms with Gasteiger partial charge >= 0.3 is 0 Å². The zero-order chi connectivity index (χ0) is 24.1. The quantitative estimate of drug-likeness (QED) is 0.479. The van der Waals surface area contributed by atoms with Gasteiger partial charge in [-0.25, -0.2) is 8.42 Å². The Labute approximate surface area is 203 Å². The number of hydrogen-bond donors (Lipinski definition) is 0. The summed E-state index contributed by atoms with van der Waals surface area (Å²) in [4.78, 5) is 15.0. The molecule has 6 heteroatoms. The fourth-order valence-corrected chi connectivity index (χ4v) is 5.45. The lowest BCUT2D eigenvalue weighted by molar-refractivity contribution is 0.0690. The zero-order valence-corrected chi connectivity index (χ0v) is 20.7. The molecule has 1 saturated heterocycles. The Morgan fingerprint density at radius 2 is 1.59 bits per heavy atom. The molecule has 178 valence electrons. The summed E-state index contributed by atoms with van der Waals surface area (Å²) in [5, 5.41) is 0. The molecule has 0 radical (unpaired) electrons. The van der Waals surface area contributed by atoms with Gasteiger partial charge in [-0.05, 0) is 73.1 Å². The molecule has 3 aromatic carbocycles. The van der Waals surface area contributed by atoms with Crippen molar-refractivity contribution in [2.24, 2.45) is 5.92 Å². The molecule has 1 aliphatic heterocycles. The van der Waals surface area contributed by atoms with E-state index in [9.17, 15) is 13.2 Å². The first kappa shape index (κ1) is 24.0. The number of anilines is 1. The molecular weight excluding hydrogens is 444 g/mol. The lowest BCUT2D eigenvalue weighted by Gasteiger charge is -2.32. The summed E-state index contributed by atoms with van der Waals surface area (Å²) in [6.45, 7) is 3.71. The highest BCUT2D eigenvalue weighted by Crippen LogP contribution is 2.24. The van der Waals surface area contributed by atoms with E-state index in [1.807, 2.05) is 60.4 Å². The van der Waals surface area contributed by atoms with Crippen LogP contribution in [0, 0.1) is 12.8 Å². The van der Waals surface area contributed by atoms with Crippen molar-refractivity contribution in [3.63, 3.8) is 0 Å². The molecule has 0 bridgehead atoms. The lowest BCUT2D eigenvalue weighted by atomic mass is 9.90. The standard InChI is InChI=1S/C28H32N2O3S/c1-22-7-6-10-27(19-22)30(34(2,32)33)21-25-11-13-26(14-12-25)28(31)29-17-15-24(16-18-29)20-23-8-4-3-5-9-23/h3-14,19,24H,15-18,20-21H2,1-2H3. The van der Waals surface area contributed by atoms with E-state index in [2.05, 4.69) is 24.3 Å². The van der Waals surface area contributed by atoms with Crippen molar-refractivity contribution in [3.8, 4) is 0 Å². The van der Waals surface area contributed by atoms with E-state index in [1.165, 1.54) is 16.1 Å². The molecule has 1 amide bonds. The van der Waals surface area contributed by atoms with Gasteiger partial charge in [-0.3, -0.25) is 9.10 Å². The van der Waals surface area contributed by atoms with E-state index >= 15 is 0 Å². The summed E-state index contributed by atoms with van der Waals surface area (Å²) < 4.78 is 26.3. The van der Waals surface area contributed by atoms with Crippen molar-refractivity contribution in [3.05, 3.63) is 101 Å². The lowest BCUT2D eigenvalue weighted by Crippen LogP contribution is -2.38. The van der Waals surface area contributed by atoms with E-state index in [0.29, 0.717) is 17.2 Å². The molecule has 3 aromatic rings. The number of aryl methyl sites for hydroxylation is 1. The van der Waals surface area contributed by atoms with Crippen LogP contribution >= 0.6 is 0 Å². The molecule has 1 aliphatic rings. The number of hydrogen-bond acceptors (Lipinski definition) is 3. The predicted octanol–water partition coefficient (Wildman–Crippen LogP) is 5.06. The summed E-state index contributed by atoms with van der Waals surface area (Å²) >= 11 is 0. The Hall–Kier alpha value is -3.12. The maximum absolute atomic E-state index is 13.0.